The summed E-state index contributed by atoms with van der Waals surface area (Å²) in [4.78, 5) is 18.8. The van der Waals surface area contributed by atoms with Crippen LogP contribution < -0.4 is 10.9 Å². The molecule has 0 saturated carbocycles. The number of fused-ring (bicyclic) bond motifs is 1. The summed E-state index contributed by atoms with van der Waals surface area (Å²) in [6, 6.07) is 7.10. The number of rotatable bonds is 5. The van der Waals surface area contributed by atoms with Crippen LogP contribution in [0.25, 0.3) is 10.9 Å². The largest absolute Gasteiger partial charge is 0.393 e. The molecule has 0 aliphatic heterocycles. The van der Waals surface area contributed by atoms with Crippen LogP contribution in [-0.2, 0) is 6.54 Å². The second-order valence-corrected chi connectivity index (χ2v) is 4.79. The third kappa shape index (κ3) is 3.37. The summed E-state index contributed by atoms with van der Waals surface area (Å²) in [5.41, 5.74) is -0.731. The van der Waals surface area contributed by atoms with E-state index in [4.69, 9.17) is 5.11 Å². The van der Waals surface area contributed by atoms with Gasteiger partial charge >= 0.3 is 0 Å². The van der Waals surface area contributed by atoms with Crippen LogP contribution in [0.4, 0.5) is 0 Å². The average molecular weight is 263 g/mol. The molecule has 2 aromatic rings. The minimum Gasteiger partial charge on any atom is -0.393 e. The van der Waals surface area contributed by atoms with Crippen LogP contribution in [0.5, 0.6) is 0 Å². The van der Waals surface area contributed by atoms with Crippen molar-refractivity contribution in [2.24, 2.45) is 0 Å². The maximum atomic E-state index is 11.8. The Bertz CT molecular complexity index is 622. The summed E-state index contributed by atoms with van der Waals surface area (Å²) in [5.74, 6) is 0.498. The standard InChI is InChI=1S/C13H17N3O3/c1-13(19,8-17)7-14-6-11-15-10-5-3-2-4-9(10)12(18)16-11/h2-5,14,17,19H,6-8H2,1H3,(H,15,16,18). The zero-order chi connectivity index (χ0) is 13.9. The van der Waals surface area contributed by atoms with Crippen molar-refractivity contribution in [3.05, 3.63) is 40.4 Å². The minimum atomic E-state index is -1.18. The molecule has 1 unspecified atom stereocenters. The molecular formula is C13H17N3O3. The highest BCUT2D eigenvalue weighted by molar-refractivity contribution is 5.77. The van der Waals surface area contributed by atoms with Gasteiger partial charge in [0.25, 0.3) is 5.56 Å². The topological polar surface area (TPSA) is 98.2 Å². The Hall–Kier alpha value is -1.76. The van der Waals surface area contributed by atoms with E-state index in [0.29, 0.717) is 23.3 Å². The molecule has 1 aromatic carbocycles. The van der Waals surface area contributed by atoms with E-state index in [1.54, 1.807) is 18.2 Å². The fraction of sp³-hybridized carbons (Fsp3) is 0.385. The Kier molecular flexibility index (Phi) is 3.94. The van der Waals surface area contributed by atoms with E-state index in [9.17, 15) is 9.90 Å². The van der Waals surface area contributed by atoms with Gasteiger partial charge < -0.3 is 20.5 Å². The molecule has 1 heterocycles. The molecule has 4 N–H and O–H groups in total. The van der Waals surface area contributed by atoms with Gasteiger partial charge in [-0.25, -0.2) is 4.98 Å². The average Bonchev–Trinajstić information content (AvgIpc) is 2.39. The molecule has 0 bridgehead atoms. The van der Waals surface area contributed by atoms with E-state index in [1.165, 1.54) is 6.92 Å². The Balaban J connectivity index is 2.12. The lowest BCUT2D eigenvalue weighted by Crippen LogP contribution is -2.41. The maximum absolute atomic E-state index is 11.8. The van der Waals surface area contributed by atoms with E-state index < -0.39 is 5.60 Å². The number of nitrogens with zero attached hydrogens (tertiary/aromatic N) is 1. The van der Waals surface area contributed by atoms with Gasteiger partial charge in [0.05, 0.1) is 29.7 Å². The molecule has 1 aromatic heterocycles. The highest BCUT2D eigenvalue weighted by Gasteiger charge is 2.18. The Morgan fingerprint density at radius 3 is 2.89 bits per heavy atom. The lowest BCUT2D eigenvalue weighted by atomic mass is 10.1. The molecule has 0 aliphatic rings. The van der Waals surface area contributed by atoms with Crippen molar-refractivity contribution in [1.82, 2.24) is 15.3 Å². The predicted molar refractivity (Wildman–Crippen MR) is 71.8 cm³/mol. The third-order valence-electron chi connectivity index (χ3n) is 2.80. The fourth-order valence-corrected chi connectivity index (χ4v) is 1.72. The monoisotopic (exact) mass is 263 g/mol. The van der Waals surface area contributed by atoms with Gasteiger partial charge in [-0.3, -0.25) is 4.79 Å². The summed E-state index contributed by atoms with van der Waals surface area (Å²) < 4.78 is 0. The van der Waals surface area contributed by atoms with Crippen molar-refractivity contribution < 1.29 is 10.2 Å². The number of nitrogens with one attached hydrogen (secondary N) is 2. The first-order valence-corrected chi connectivity index (χ1v) is 6.04. The number of para-hydroxylation sites is 1. The fourth-order valence-electron chi connectivity index (χ4n) is 1.72. The molecule has 0 fully saturated rings. The number of aromatic amines is 1. The van der Waals surface area contributed by atoms with Crippen LogP contribution in [-0.4, -0.2) is 38.9 Å². The molecule has 1 atom stereocenters. The molecule has 6 heteroatoms. The summed E-state index contributed by atoms with van der Waals surface area (Å²) >= 11 is 0. The highest BCUT2D eigenvalue weighted by atomic mass is 16.3. The maximum Gasteiger partial charge on any atom is 0.258 e. The molecular weight excluding hydrogens is 246 g/mol. The van der Waals surface area contributed by atoms with Gasteiger partial charge in [-0.2, -0.15) is 0 Å². The Morgan fingerprint density at radius 1 is 1.42 bits per heavy atom. The Labute approximate surface area is 110 Å². The molecule has 0 spiro atoms. The van der Waals surface area contributed by atoms with Crippen LogP contribution in [0.3, 0.4) is 0 Å². The first-order chi connectivity index (χ1) is 9.02. The van der Waals surface area contributed by atoms with Crippen LogP contribution in [0, 0.1) is 0 Å². The molecule has 6 nitrogen and oxygen atoms in total. The summed E-state index contributed by atoms with van der Waals surface area (Å²) in [7, 11) is 0. The van der Waals surface area contributed by atoms with Gasteiger partial charge in [-0.1, -0.05) is 12.1 Å². The van der Waals surface area contributed by atoms with E-state index in [0.717, 1.165) is 0 Å². The predicted octanol–water partition coefficient (Wildman–Crippen LogP) is -0.244. The molecule has 0 saturated heterocycles. The van der Waals surface area contributed by atoms with Crippen LogP contribution in [0.1, 0.15) is 12.7 Å². The van der Waals surface area contributed by atoms with E-state index in [2.05, 4.69) is 15.3 Å². The second kappa shape index (κ2) is 5.48. The highest BCUT2D eigenvalue weighted by Crippen LogP contribution is 2.05. The lowest BCUT2D eigenvalue weighted by Gasteiger charge is -2.20. The zero-order valence-corrected chi connectivity index (χ0v) is 10.7. The quantitative estimate of drug-likeness (QED) is 0.596. The molecule has 0 amide bonds. The number of hydrogen-bond donors (Lipinski definition) is 4. The zero-order valence-electron chi connectivity index (χ0n) is 10.7. The molecule has 0 radical (unpaired) electrons. The minimum absolute atomic E-state index is 0.184. The van der Waals surface area contributed by atoms with E-state index in [-0.39, 0.29) is 18.7 Å². The van der Waals surface area contributed by atoms with Gasteiger partial charge in [0.15, 0.2) is 0 Å². The Morgan fingerprint density at radius 2 is 2.16 bits per heavy atom. The van der Waals surface area contributed by atoms with Gasteiger partial charge in [-0.15, -0.1) is 0 Å². The van der Waals surface area contributed by atoms with Crippen molar-refractivity contribution in [2.45, 2.75) is 19.1 Å². The SMILES string of the molecule is CC(O)(CO)CNCc1nc2ccccc2c(=O)[nH]1. The number of H-pyrrole nitrogens is 1. The first-order valence-electron chi connectivity index (χ1n) is 6.04. The van der Waals surface area contributed by atoms with Crippen LogP contribution >= 0.6 is 0 Å². The number of hydrogen-bond acceptors (Lipinski definition) is 5. The lowest BCUT2D eigenvalue weighted by molar-refractivity contribution is 0.00243. The number of benzene rings is 1. The van der Waals surface area contributed by atoms with Gasteiger partial charge in [0.1, 0.15) is 5.82 Å². The van der Waals surface area contributed by atoms with Crippen molar-refractivity contribution >= 4 is 10.9 Å². The summed E-state index contributed by atoms with van der Waals surface area (Å²) in [6.45, 7) is 1.72. The van der Waals surface area contributed by atoms with Gasteiger partial charge in [-0.05, 0) is 19.1 Å². The normalized spacial score (nSPS) is 14.5. The number of aliphatic hydroxyl groups excluding tert-OH is 1. The van der Waals surface area contributed by atoms with Gasteiger partial charge in [0, 0.05) is 6.54 Å². The van der Waals surface area contributed by atoms with Crippen molar-refractivity contribution in [3.63, 3.8) is 0 Å². The second-order valence-electron chi connectivity index (χ2n) is 4.79. The smallest absolute Gasteiger partial charge is 0.258 e. The molecule has 19 heavy (non-hydrogen) atoms. The van der Waals surface area contributed by atoms with Crippen LogP contribution in [0.15, 0.2) is 29.1 Å². The molecule has 102 valence electrons. The summed E-state index contributed by atoms with van der Waals surface area (Å²) in [5, 5.41) is 22.0. The molecule has 2 rings (SSSR count). The van der Waals surface area contributed by atoms with Crippen molar-refractivity contribution in [3.8, 4) is 0 Å². The van der Waals surface area contributed by atoms with E-state index in [1.807, 2.05) is 6.07 Å². The van der Waals surface area contributed by atoms with Crippen molar-refractivity contribution in [1.29, 1.82) is 0 Å². The summed E-state index contributed by atoms with van der Waals surface area (Å²) in [6.07, 6.45) is 0. The third-order valence-corrected chi connectivity index (χ3v) is 2.80. The van der Waals surface area contributed by atoms with Gasteiger partial charge in [0.2, 0.25) is 0 Å². The van der Waals surface area contributed by atoms with E-state index >= 15 is 0 Å². The molecule has 0 aliphatic carbocycles. The number of aromatic nitrogens is 2. The number of aliphatic hydroxyl groups is 2. The van der Waals surface area contributed by atoms with Crippen molar-refractivity contribution in [2.75, 3.05) is 13.2 Å². The van der Waals surface area contributed by atoms with Crippen LogP contribution in [0.2, 0.25) is 0 Å². The first kappa shape index (κ1) is 13.7.